The van der Waals surface area contributed by atoms with Gasteiger partial charge in [-0.25, -0.2) is 9.97 Å². The van der Waals surface area contributed by atoms with E-state index in [-0.39, 0.29) is 0 Å². The molecule has 2 aromatic rings. The summed E-state index contributed by atoms with van der Waals surface area (Å²) in [5, 5.41) is 3.49. The minimum absolute atomic E-state index is 0.335. The summed E-state index contributed by atoms with van der Waals surface area (Å²) in [4.78, 5) is 18.3. The number of morpholine rings is 1. The number of hydrogen-bond acceptors (Lipinski definition) is 7. The van der Waals surface area contributed by atoms with Crippen LogP contribution < -0.4 is 15.1 Å². The van der Waals surface area contributed by atoms with Gasteiger partial charge in [0.2, 0.25) is 5.95 Å². The summed E-state index contributed by atoms with van der Waals surface area (Å²) in [6, 6.07) is 8.47. The minimum Gasteiger partial charge on any atom is -0.378 e. The Kier molecular flexibility index (Phi) is 4.65. The highest BCUT2D eigenvalue weighted by atomic mass is 16.5. The van der Waals surface area contributed by atoms with Crippen molar-refractivity contribution in [2.75, 3.05) is 54.5 Å². The molecule has 0 radical (unpaired) electrons. The van der Waals surface area contributed by atoms with Gasteiger partial charge in [-0.05, 0) is 31.5 Å². The average Bonchev–Trinajstić information content (AvgIpc) is 3.11. The van der Waals surface area contributed by atoms with E-state index in [1.54, 1.807) is 0 Å². The number of nitrogens with one attached hydrogen (secondary N) is 1. The molecule has 25 heavy (non-hydrogen) atoms. The lowest BCUT2D eigenvalue weighted by atomic mass is 10.3. The van der Waals surface area contributed by atoms with Crippen molar-refractivity contribution in [3.05, 3.63) is 36.2 Å². The van der Waals surface area contributed by atoms with Crippen molar-refractivity contribution in [2.45, 2.75) is 19.4 Å². The Bertz CT molecular complexity index is 718. The molecule has 0 amide bonds. The molecule has 0 bridgehead atoms. The molecule has 132 valence electrons. The van der Waals surface area contributed by atoms with Crippen molar-refractivity contribution in [2.24, 2.45) is 0 Å². The van der Waals surface area contributed by atoms with Crippen LogP contribution in [0.3, 0.4) is 0 Å². The van der Waals surface area contributed by atoms with Crippen LogP contribution in [0.25, 0.3) is 0 Å². The van der Waals surface area contributed by atoms with E-state index < -0.39 is 0 Å². The molecule has 2 saturated heterocycles. The first-order valence-electron chi connectivity index (χ1n) is 8.89. The summed E-state index contributed by atoms with van der Waals surface area (Å²) >= 11 is 0. The van der Waals surface area contributed by atoms with Crippen LogP contribution in [-0.4, -0.2) is 60.4 Å². The van der Waals surface area contributed by atoms with Crippen LogP contribution in [0.2, 0.25) is 0 Å². The van der Waals surface area contributed by atoms with Crippen molar-refractivity contribution < 1.29 is 4.74 Å². The Hall–Kier alpha value is -2.41. The van der Waals surface area contributed by atoms with Gasteiger partial charge in [-0.1, -0.05) is 6.07 Å². The van der Waals surface area contributed by atoms with Crippen molar-refractivity contribution >= 4 is 17.6 Å². The molecule has 7 nitrogen and oxygen atoms in total. The largest absolute Gasteiger partial charge is 0.378 e. The van der Waals surface area contributed by atoms with Gasteiger partial charge in [0.25, 0.3) is 0 Å². The third kappa shape index (κ3) is 3.82. The van der Waals surface area contributed by atoms with Gasteiger partial charge in [0.05, 0.1) is 13.2 Å². The summed E-state index contributed by atoms with van der Waals surface area (Å²) < 4.78 is 5.41. The lowest BCUT2D eigenvalue weighted by Gasteiger charge is -2.28. The number of aromatic nitrogens is 3. The second kappa shape index (κ2) is 7.23. The third-order valence-electron chi connectivity index (χ3n) is 4.70. The molecule has 0 saturated carbocycles. The standard InChI is InChI=1S/C18H24N6O/c1-14-3-2-4-16(20-14)24-8-6-15(13-24)21-18-19-7-5-17(22-18)23-9-11-25-12-10-23/h2-5,7,15H,6,8-13H2,1H3,(H,19,21,22). The number of nitrogens with zero attached hydrogens (tertiary/aromatic N) is 5. The molecule has 4 rings (SSSR count). The summed E-state index contributed by atoms with van der Waals surface area (Å²) in [5.41, 5.74) is 1.05. The number of ether oxygens (including phenoxy) is 1. The first-order valence-corrected chi connectivity index (χ1v) is 8.89. The summed E-state index contributed by atoms with van der Waals surface area (Å²) in [5.74, 6) is 2.72. The van der Waals surface area contributed by atoms with Gasteiger partial charge in [0.15, 0.2) is 0 Å². The fourth-order valence-electron chi connectivity index (χ4n) is 3.36. The quantitative estimate of drug-likeness (QED) is 0.909. The molecule has 2 aliphatic heterocycles. The molecule has 7 heteroatoms. The molecular formula is C18H24N6O. The number of aryl methyl sites for hydroxylation is 1. The Labute approximate surface area is 148 Å². The fourth-order valence-corrected chi connectivity index (χ4v) is 3.36. The number of hydrogen-bond donors (Lipinski definition) is 1. The van der Waals surface area contributed by atoms with Crippen LogP contribution in [0.15, 0.2) is 30.5 Å². The number of anilines is 3. The lowest BCUT2D eigenvalue weighted by molar-refractivity contribution is 0.122. The van der Waals surface area contributed by atoms with Gasteiger partial charge in [0.1, 0.15) is 11.6 Å². The SMILES string of the molecule is Cc1cccc(N2CCC(Nc3nccc(N4CCOCC4)n3)C2)n1. The van der Waals surface area contributed by atoms with Gasteiger partial charge in [-0.2, -0.15) is 4.98 Å². The van der Waals surface area contributed by atoms with Crippen LogP contribution in [0, 0.1) is 6.92 Å². The van der Waals surface area contributed by atoms with E-state index in [4.69, 9.17) is 4.74 Å². The zero-order valence-corrected chi connectivity index (χ0v) is 14.6. The van der Waals surface area contributed by atoms with E-state index in [0.29, 0.717) is 12.0 Å². The topological polar surface area (TPSA) is 66.4 Å². The maximum absolute atomic E-state index is 5.41. The average molecular weight is 340 g/mol. The van der Waals surface area contributed by atoms with Gasteiger partial charge in [-0.3, -0.25) is 0 Å². The number of rotatable bonds is 4. The van der Waals surface area contributed by atoms with E-state index >= 15 is 0 Å². The van der Waals surface area contributed by atoms with Crippen LogP contribution in [-0.2, 0) is 4.74 Å². The van der Waals surface area contributed by atoms with E-state index in [9.17, 15) is 0 Å². The van der Waals surface area contributed by atoms with Crippen molar-refractivity contribution in [1.29, 1.82) is 0 Å². The number of pyridine rings is 1. The van der Waals surface area contributed by atoms with Gasteiger partial charge in [0, 0.05) is 44.1 Å². The molecule has 0 spiro atoms. The molecule has 4 heterocycles. The molecule has 0 aliphatic carbocycles. The first-order chi connectivity index (χ1) is 12.3. The summed E-state index contributed by atoms with van der Waals surface area (Å²) in [7, 11) is 0. The normalized spacial score (nSPS) is 20.8. The Morgan fingerprint density at radius 2 is 1.88 bits per heavy atom. The zero-order valence-electron chi connectivity index (χ0n) is 14.6. The van der Waals surface area contributed by atoms with Crippen LogP contribution in [0.1, 0.15) is 12.1 Å². The smallest absolute Gasteiger partial charge is 0.224 e. The maximum atomic E-state index is 5.41. The van der Waals surface area contributed by atoms with Crippen molar-refractivity contribution in [1.82, 2.24) is 15.0 Å². The van der Waals surface area contributed by atoms with Crippen LogP contribution in [0.4, 0.5) is 17.6 Å². The highest BCUT2D eigenvalue weighted by Crippen LogP contribution is 2.21. The molecule has 1 N–H and O–H groups in total. The molecule has 1 atom stereocenters. The second-order valence-electron chi connectivity index (χ2n) is 6.55. The van der Waals surface area contributed by atoms with Gasteiger partial charge >= 0.3 is 0 Å². The first kappa shape index (κ1) is 16.1. The molecular weight excluding hydrogens is 316 g/mol. The van der Waals surface area contributed by atoms with Crippen LogP contribution in [0.5, 0.6) is 0 Å². The highest BCUT2D eigenvalue weighted by Gasteiger charge is 2.24. The molecule has 2 aliphatic rings. The predicted octanol–water partition coefficient (Wildman–Crippen LogP) is 1.71. The fraction of sp³-hybridized carbons (Fsp3) is 0.500. The predicted molar refractivity (Wildman–Crippen MR) is 98.3 cm³/mol. The third-order valence-corrected chi connectivity index (χ3v) is 4.70. The molecule has 1 unspecified atom stereocenters. The summed E-state index contributed by atoms with van der Waals surface area (Å²) in [6.45, 7) is 7.22. The maximum Gasteiger partial charge on any atom is 0.224 e. The highest BCUT2D eigenvalue weighted by molar-refractivity contribution is 5.45. The summed E-state index contributed by atoms with van der Waals surface area (Å²) in [6.07, 6.45) is 2.88. The molecule has 2 fully saturated rings. The Morgan fingerprint density at radius 3 is 2.72 bits per heavy atom. The molecule has 2 aromatic heterocycles. The van der Waals surface area contributed by atoms with E-state index in [1.807, 2.05) is 25.3 Å². The van der Waals surface area contributed by atoms with Gasteiger partial charge < -0.3 is 19.9 Å². The second-order valence-corrected chi connectivity index (χ2v) is 6.55. The monoisotopic (exact) mass is 340 g/mol. The van der Waals surface area contributed by atoms with E-state index in [1.165, 1.54) is 0 Å². The Balaban J connectivity index is 1.39. The lowest BCUT2D eigenvalue weighted by Crippen LogP contribution is -2.37. The van der Waals surface area contributed by atoms with E-state index in [0.717, 1.165) is 63.1 Å². The van der Waals surface area contributed by atoms with Crippen molar-refractivity contribution in [3.63, 3.8) is 0 Å². The van der Waals surface area contributed by atoms with Crippen LogP contribution >= 0.6 is 0 Å². The minimum atomic E-state index is 0.335. The zero-order chi connectivity index (χ0) is 17.1. The van der Waals surface area contributed by atoms with Gasteiger partial charge in [-0.15, -0.1) is 0 Å². The van der Waals surface area contributed by atoms with E-state index in [2.05, 4.69) is 42.2 Å². The Morgan fingerprint density at radius 1 is 1.04 bits per heavy atom. The van der Waals surface area contributed by atoms with Crippen molar-refractivity contribution in [3.8, 4) is 0 Å². The molecule has 0 aromatic carbocycles.